The summed E-state index contributed by atoms with van der Waals surface area (Å²) in [5.74, 6) is 0. The first-order valence-electron chi connectivity index (χ1n) is 32.1. The quantitative estimate of drug-likeness (QED) is 0.165. The minimum Gasteiger partial charge on any atom is -0.0622 e. The third-order valence-electron chi connectivity index (χ3n) is 22.9. The first-order valence-corrected chi connectivity index (χ1v) is 32.1. The predicted octanol–water partition coefficient (Wildman–Crippen LogP) is 23.2. The van der Waals surface area contributed by atoms with E-state index in [1.807, 2.05) is 0 Å². The van der Waals surface area contributed by atoms with Crippen LogP contribution in [0.4, 0.5) is 0 Å². The van der Waals surface area contributed by atoms with E-state index in [4.69, 9.17) is 0 Å². The molecule has 89 heavy (non-hydrogen) atoms. The molecule has 0 aromatic heterocycles. The maximum Gasteiger partial charge on any atom is 0.0714 e. The molecule has 14 aromatic carbocycles. The van der Waals surface area contributed by atoms with E-state index in [9.17, 15) is 0 Å². The van der Waals surface area contributed by atoms with Crippen molar-refractivity contribution >= 4 is 43.1 Å². The molecule has 0 fully saturated rings. The van der Waals surface area contributed by atoms with Gasteiger partial charge in [-0.1, -0.05) is 262 Å². The van der Waals surface area contributed by atoms with Gasteiger partial charge in [-0.3, -0.25) is 0 Å². The van der Waals surface area contributed by atoms with Crippen LogP contribution in [-0.2, 0) is 27.1 Å². The third kappa shape index (κ3) is 6.39. The molecule has 0 spiro atoms. The monoisotopic (exact) mass is 1130 g/mol. The number of hydrogen-bond donors (Lipinski definition) is 0. The number of hydrogen-bond acceptors (Lipinski definition) is 0. The average molecular weight is 1140 g/mol. The van der Waals surface area contributed by atoms with Gasteiger partial charge in [0, 0.05) is 21.7 Å². The molecule has 0 amide bonds. The van der Waals surface area contributed by atoms with E-state index in [2.05, 4.69) is 310 Å². The molecule has 0 saturated carbocycles. The summed E-state index contributed by atoms with van der Waals surface area (Å²) in [7, 11) is 0. The highest BCUT2D eigenvalue weighted by atomic mass is 14.5. The molecule has 5 aliphatic rings. The summed E-state index contributed by atoms with van der Waals surface area (Å²) in [6, 6.07) is 99.2. The van der Waals surface area contributed by atoms with E-state index in [0.717, 1.165) is 0 Å². The molecular formula is C89H66. The molecule has 0 heterocycles. The first kappa shape index (κ1) is 51.2. The third-order valence-corrected chi connectivity index (χ3v) is 22.9. The van der Waals surface area contributed by atoms with Gasteiger partial charge in [-0.25, -0.2) is 0 Å². The smallest absolute Gasteiger partial charge is 0.0622 e. The Morgan fingerprint density at radius 3 is 0.921 bits per heavy atom. The van der Waals surface area contributed by atoms with Crippen LogP contribution in [0.5, 0.6) is 0 Å². The van der Waals surface area contributed by atoms with Gasteiger partial charge in [-0.2, -0.15) is 0 Å². The summed E-state index contributed by atoms with van der Waals surface area (Å²) in [6.45, 7) is 19.6. The van der Waals surface area contributed by atoms with Crippen LogP contribution in [0.25, 0.3) is 121 Å². The fourth-order valence-electron chi connectivity index (χ4n) is 18.5. The van der Waals surface area contributed by atoms with E-state index in [0.29, 0.717) is 0 Å². The Kier molecular flexibility index (Phi) is 9.92. The van der Waals surface area contributed by atoms with Crippen molar-refractivity contribution in [3.05, 3.63) is 322 Å². The van der Waals surface area contributed by atoms with Gasteiger partial charge in [0.2, 0.25) is 0 Å². The lowest BCUT2D eigenvalue weighted by atomic mass is 9.67. The molecule has 0 radical (unpaired) electrons. The SMILES string of the molecule is CC1(C)c2cc(-c3cc4c(c5ccccc35)-c3cc5c(cc3C4(C)C)-c3cc4c(cc3C5(c3ccccc3)c3ccccc3)-c3c(cc(-c5ccc6c(c5)C(C)(C)c5ccc7ccccc7c5-6)c5ccccc35)C4(C)C)ccc2-c2c1ccc1ccccc21. The fourth-order valence-corrected chi connectivity index (χ4v) is 18.5. The van der Waals surface area contributed by atoms with Crippen LogP contribution in [0.3, 0.4) is 0 Å². The number of fused-ring (bicyclic) bond motifs is 23. The van der Waals surface area contributed by atoms with Crippen molar-refractivity contribution in [3.8, 4) is 77.9 Å². The highest BCUT2D eigenvalue weighted by Gasteiger charge is 2.51. The van der Waals surface area contributed by atoms with Crippen molar-refractivity contribution < 1.29 is 0 Å². The van der Waals surface area contributed by atoms with Crippen molar-refractivity contribution in [3.63, 3.8) is 0 Å². The van der Waals surface area contributed by atoms with Gasteiger partial charge in [0.05, 0.1) is 5.41 Å². The van der Waals surface area contributed by atoms with Crippen LogP contribution >= 0.6 is 0 Å². The Balaban J connectivity index is 0.811. The Morgan fingerprint density at radius 2 is 0.506 bits per heavy atom. The van der Waals surface area contributed by atoms with Crippen molar-refractivity contribution in [1.82, 2.24) is 0 Å². The summed E-state index contributed by atoms with van der Waals surface area (Å²) in [4.78, 5) is 0. The van der Waals surface area contributed by atoms with E-state index in [1.54, 1.807) is 0 Å². The number of benzene rings is 14. The van der Waals surface area contributed by atoms with Crippen molar-refractivity contribution in [2.45, 2.75) is 82.5 Å². The lowest BCUT2D eigenvalue weighted by molar-refractivity contribution is 0.659. The van der Waals surface area contributed by atoms with Crippen molar-refractivity contribution in [2.75, 3.05) is 0 Å². The van der Waals surface area contributed by atoms with E-state index >= 15 is 0 Å². The van der Waals surface area contributed by atoms with Gasteiger partial charge in [0.15, 0.2) is 0 Å². The van der Waals surface area contributed by atoms with Gasteiger partial charge in [0.25, 0.3) is 0 Å². The van der Waals surface area contributed by atoms with Crippen LogP contribution in [0.15, 0.2) is 255 Å². The lowest BCUT2D eigenvalue weighted by Gasteiger charge is -2.34. The van der Waals surface area contributed by atoms with Crippen LogP contribution in [0.2, 0.25) is 0 Å². The second-order valence-electron chi connectivity index (χ2n) is 28.6. The number of rotatable bonds is 4. The normalized spacial score (nSPS) is 16.3. The fraction of sp³-hybridized carbons (Fsp3) is 0.146. The van der Waals surface area contributed by atoms with Crippen molar-refractivity contribution in [2.24, 2.45) is 0 Å². The molecule has 0 heteroatoms. The summed E-state index contributed by atoms with van der Waals surface area (Å²) in [6.07, 6.45) is 0. The van der Waals surface area contributed by atoms with Gasteiger partial charge in [0.1, 0.15) is 0 Å². The zero-order valence-corrected chi connectivity index (χ0v) is 51.7. The van der Waals surface area contributed by atoms with E-state index < -0.39 is 5.41 Å². The van der Waals surface area contributed by atoms with E-state index in [-0.39, 0.29) is 21.7 Å². The highest BCUT2D eigenvalue weighted by Crippen LogP contribution is 2.65. The molecule has 0 aliphatic heterocycles. The van der Waals surface area contributed by atoms with Crippen LogP contribution in [0.1, 0.15) is 122 Å². The molecular weight excluding hydrogens is 1070 g/mol. The highest BCUT2D eigenvalue weighted by molar-refractivity contribution is 6.13. The molecule has 14 aromatic rings. The zero-order chi connectivity index (χ0) is 59.8. The zero-order valence-electron chi connectivity index (χ0n) is 51.7. The summed E-state index contributed by atoms with van der Waals surface area (Å²) < 4.78 is 0. The molecule has 5 aliphatic carbocycles. The second-order valence-corrected chi connectivity index (χ2v) is 28.6. The Labute approximate surface area is 521 Å². The standard InChI is InChI=1S/C89H66/c1-85(2)71-41-37-51-23-15-17-29-57(51)81(71)63-39-35-53(43-73(63)85)65-45-79-83(61-33-21-19-31-59(61)65)69-49-77-67(47-75(69)87(79,5)6)68-48-76-70(50-78(68)89(77,55-25-11-9-12-26-55)56-27-13-10-14-28-56)84-62-34-22-20-32-60(62)66(46-80(84)88(76,7)8)54-36-40-64-74(44-54)86(3,4)72-42-38-52-24-16-18-30-58(52)82(64)72/h9-50H,1-8H3. The van der Waals surface area contributed by atoms with Gasteiger partial charge in [-0.15, -0.1) is 0 Å². The maximum atomic E-state index is 2.66. The topological polar surface area (TPSA) is 0 Å². The van der Waals surface area contributed by atoms with Gasteiger partial charge < -0.3 is 0 Å². The van der Waals surface area contributed by atoms with Crippen LogP contribution in [-0.4, -0.2) is 0 Å². The Hall–Kier alpha value is -9.88. The Morgan fingerprint density at radius 1 is 0.191 bits per heavy atom. The minimum atomic E-state index is -0.622. The Bertz CT molecular complexity index is 5180. The molecule has 0 saturated heterocycles. The minimum absolute atomic E-state index is 0.146. The first-order chi connectivity index (χ1) is 43.2. The van der Waals surface area contributed by atoms with Gasteiger partial charge in [-0.05, 0) is 236 Å². The van der Waals surface area contributed by atoms with Crippen molar-refractivity contribution in [1.29, 1.82) is 0 Å². The molecule has 422 valence electrons. The average Bonchev–Trinajstić information content (AvgIpc) is 1.51. The predicted molar refractivity (Wildman–Crippen MR) is 375 cm³/mol. The maximum absolute atomic E-state index is 2.66. The molecule has 0 N–H and O–H groups in total. The van der Waals surface area contributed by atoms with E-state index in [1.165, 1.54) is 188 Å². The summed E-state index contributed by atoms with van der Waals surface area (Å²) >= 11 is 0. The molecule has 19 rings (SSSR count). The van der Waals surface area contributed by atoms with Gasteiger partial charge >= 0.3 is 0 Å². The van der Waals surface area contributed by atoms with Crippen LogP contribution < -0.4 is 0 Å². The summed E-state index contributed by atoms with van der Waals surface area (Å²) in [5.41, 5.74) is 33.6. The molecule has 0 bridgehead atoms. The largest absolute Gasteiger partial charge is 0.0714 e. The second kappa shape index (κ2) is 17.2. The molecule has 0 unspecified atom stereocenters. The molecule has 0 nitrogen and oxygen atoms in total. The van der Waals surface area contributed by atoms with Crippen LogP contribution in [0, 0.1) is 0 Å². The lowest BCUT2D eigenvalue weighted by Crippen LogP contribution is -2.29. The summed E-state index contributed by atoms with van der Waals surface area (Å²) in [5, 5.41) is 10.5. The molecule has 0 atom stereocenters.